The van der Waals surface area contributed by atoms with E-state index in [2.05, 4.69) is 61.6 Å². The molecule has 2 heterocycles. The van der Waals surface area contributed by atoms with Gasteiger partial charge in [-0.2, -0.15) is 0 Å². The number of rotatable bonds is 9. The van der Waals surface area contributed by atoms with Crippen molar-refractivity contribution in [3.8, 4) is 0 Å². The van der Waals surface area contributed by atoms with Crippen molar-refractivity contribution in [3.05, 3.63) is 80.5 Å². The van der Waals surface area contributed by atoms with E-state index in [1.165, 1.54) is 12.1 Å². The number of aryl methyl sites for hydroxylation is 1. The molecular formula is C30H41BBr2N2NaO6. The van der Waals surface area contributed by atoms with Gasteiger partial charge in [0, 0.05) is 98.8 Å². The summed E-state index contributed by atoms with van der Waals surface area (Å²) in [6.07, 6.45) is 0. The smallest absolute Gasteiger partial charge is 1.00 e. The van der Waals surface area contributed by atoms with E-state index in [0.29, 0.717) is 16.7 Å². The van der Waals surface area contributed by atoms with Crippen LogP contribution >= 0.6 is 31.9 Å². The molecule has 0 spiro atoms. The van der Waals surface area contributed by atoms with E-state index in [9.17, 15) is 14.7 Å². The molecule has 0 saturated carbocycles. The first-order chi connectivity index (χ1) is 18.8. The number of hydrogen-bond acceptors (Lipinski definition) is 8. The number of aliphatic hydroxyl groups is 2. The summed E-state index contributed by atoms with van der Waals surface area (Å²) in [5, 5.41) is 19.8. The van der Waals surface area contributed by atoms with Crippen LogP contribution in [0.25, 0.3) is 21.9 Å². The topological polar surface area (TPSA) is 107 Å². The van der Waals surface area contributed by atoms with Gasteiger partial charge in [-0.05, 0) is 56.2 Å². The van der Waals surface area contributed by atoms with Crippen molar-refractivity contribution in [1.29, 1.82) is 0 Å². The molecule has 0 aliphatic rings. The van der Waals surface area contributed by atoms with Crippen molar-refractivity contribution < 1.29 is 50.0 Å². The summed E-state index contributed by atoms with van der Waals surface area (Å²) in [5.41, 5.74) is 4.09. The molecule has 12 heteroatoms. The van der Waals surface area contributed by atoms with Crippen LogP contribution in [-0.2, 0) is 6.61 Å². The molecular weight excluding hydrogens is 678 g/mol. The minimum absolute atomic E-state index is 0. The zero-order valence-electron chi connectivity index (χ0n) is 25.3. The first-order valence-corrected chi connectivity index (χ1v) is 14.9. The Hall–Kier alpha value is -1.60. The normalized spacial score (nSPS) is 9.71. The first-order valence-electron chi connectivity index (χ1n) is 12.6. The molecule has 4 rings (SSSR count). The van der Waals surface area contributed by atoms with Gasteiger partial charge >= 0.3 is 40.8 Å². The predicted molar refractivity (Wildman–Crippen MR) is 181 cm³/mol. The van der Waals surface area contributed by atoms with E-state index in [-0.39, 0.29) is 59.1 Å². The van der Waals surface area contributed by atoms with Gasteiger partial charge in [0.1, 0.15) is 11.2 Å². The second-order valence-corrected chi connectivity index (χ2v) is 9.98. The molecule has 0 fully saturated rings. The maximum absolute atomic E-state index is 11.4. The molecule has 2 N–H and O–H groups in total. The number of nitrogens with zero attached hydrogens (tertiary/aromatic N) is 2. The molecule has 0 atom stereocenters. The van der Waals surface area contributed by atoms with Gasteiger partial charge in [0.15, 0.2) is 0 Å². The molecule has 8 nitrogen and oxygen atoms in total. The Morgan fingerprint density at radius 1 is 0.786 bits per heavy atom. The van der Waals surface area contributed by atoms with E-state index in [4.69, 9.17) is 13.9 Å². The summed E-state index contributed by atoms with van der Waals surface area (Å²) in [6, 6.07) is 14.6. The Labute approximate surface area is 290 Å². The number of hydrogen-bond donors (Lipinski definition) is 2. The molecule has 4 aromatic rings. The van der Waals surface area contributed by atoms with Gasteiger partial charge in [-0.25, -0.2) is 9.59 Å². The molecule has 2 aromatic heterocycles. The fourth-order valence-corrected chi connectivity index (χ4v) is 5.06. The molecule has 0 bridgehead atoms. The minimum atomic E-state index is -0.433. The van der Waals surface area contributed by atoms with Crippen LogP contribution in [0.3, 0.4) is 0 Å². The number of benzene rings is 2. The summed E-state index contributed by atoms with van der Waals surface area (Å²) >= 11 is 6.87. The molecule has 42 heavy (non-hydrogen) atoms. The average Bonchev–Trinajstić information content (AvgIpc) is 2.94. The van der Waals surface area contributed by atoms with Crippen molar-refractivity contribution in [1.82, 2.24) is 0 Å². The molecule has 2 aromatic carbocycles. The van der Waals surface area contributed by atoms with Gasteiger partial charge in [0.2, 0.25) is 0 Å². The zero-order valence-corrected chi connectivity index (χ0v) is 29.5. The number of anilines is 2. The van der Waals surface area contributed by atoms with Crippen molar-refractivity contribution >= 4 is 73.6 Å². The van der Waals surface area contributed by atoms with Crippen molar-refractivity contribution in [2.75, 3.05) is 53.7 Å². The third-order valence-corrected chi connectivity index (χ3v) is 6.83. The van der Waals surface area contributed by atoms with Crippen LogP contribution in [0, 0.1) is 6.92 Å². The molecule has 3 radical (unpaired) electrons. The van der Waals surface area contributed by atoms with Gasteiger partial charge in [-0.1, -0.05) is 39.3 Å². The Morgan fingerprint density at radius 2 is 1.21 bits per heavy atom. The third-order valence-electron chi connectivity index (χ3n) is 6.12. The number of halogens is 2. The Kier molecular flexibility index (Phi) is 22.3. The number of alkyl halides is 2. The molecule has 0 unspecified atom stereocenters. The first kappa shape index (κ1) is 42.5. The summed E-state index contributed by atoms with van der Waals surface area (Å²) in [7, 11) is 1.00. The van der Waals surface area contributed by atoms with Gasteiger partial charge in [0.05, 0.1) is 6.61 Å². The van der Waals surface area contributed by atoms with Gasteiger partial charge in [-0.15, -0.1) is 0 Å². The van der Waals surface area contributed by atoms with Crippen LogP contribution in [-0.4, -0.2) is 62.6 Å². The molecule has 225 valence electrons. The van der Waals surface area contributed by atoms with Gasteiger partial charge in [-0.3, -0.25) is 0 Å². The summed E-state index contributed by atoms with van der Waals surface area (Å²) in [5.74, 6) is 0. The third kappa shape index (κ3) is 11.5. The van der Waals surface area contributed by atoms with Crippen LogP contribution in [0.1, 0.15) is 33.8 Å². The maximum Gasteiger partial charge on any atom is 1.00 e. The van der Waals surface area contributed by atoms with Crippen molar-refractivity contribution in [3.63, 3.8) is 0 Å². The zero-order chi connectivity index (χ0) is 28.9. The van der Waals surface area contributed by atoms with Crippen LogP contribution in [0.2, 0.25) is 0 Å². The standard InChI is InChI=1S/C14H16BrNO3.C14H16BrNO2.CH4O.CH4.B.Na.H/c1-2-16(6-5-15)11-3-4-12-10(9-17)7-14(18)19-13(12)8-11;1-3-16(7-6-15)11-4-5-12-10(2)8-14(17)18-13(12)9-11;1-2;;;;/h3-4,7-8,17H,2,5-6,9H2,1H3;4-5,8-9H,3,6-7H2,1-2H3;2H,1H3;1H4;;;/q;;;;;+1;-1. The van der Waals surface area contributed by atoms with Crippen LogP contribution < -0.4 is 50.6 Å². The molecule has 0 saturated heterocycles. The Bertz CT molecular complexity index is 1470. The van der Waals surface area contributed by atoms with Crippen molar-refractivity contribution in [2.45, 2.75) is 34.8 Å². The van der Waals surface area contributed by atoms with E-state index in [0.717, 1.165) is 71.7 Å². The molecule has 0 aliphatic heterocycles. The van der Waals surface area contributed by atoms with E-state index in [1.54, 1.807) is 0 Å². The second kappa shape index (κ2) is 22.0. The summed E-state index contributed by atoms with van der Waals surface area (Å²) < 4.78 is 10.5. The monoisotopic (exact) mass is 717 g/mol. The van der Waals surface area contributed by atoms with Crippen LogP contribution in [0.4, 0.5) is 11.4 Å². The molecule has 0 amide bonds. The summed E-state index contributed by atoms with van der Waals surface area (Å²) in [6.45, 7) is 9.56. The van der Waals surface area contributed by atoms with Crippen LogP contribution in [0.15, 0.2) is 67.0 Å². The summed E-state index contributed by atoms with van der Waals surface area (Å²) in [4.78, 5) is 27.2. The second-order valence-electron chi connectivity index (χ2n) is 8.40. The average molecular weight is 719 g/mol. The van der Waals surface area contributed by atoms with Gasteiger partial charge in [0.25, 0.3) is 0 Å². The fraction of sp³-hybridized carbons (Fsp3) is 0.400. The largest absolute Gasteiger partial charge is 1.00 e. The van der Waals surface area contributed by atoms with E-state index in [1.807, 2.05) is 37.3 Å². The van der Waals surface area contributed by atoms with E-state index < -0.39 is 5.63 Å². The fourth-order valence-electron chi connectivity index (χ4n) is 4.20. The number of aliphatic hydroxyl groups excluding tert-OH is 2. The van der Waals surface area contributed by atoms with Crippen LogP contribution in [0.5, 0.6) is 0 Å². The SMILES string of the molecule is C.CCN(CCBr)c1ccc2c(C)cc(=O)oc2c1.CCN(CCBr)c1ccc2c(CO)cc(=O)oc2c1.CO.[B].[H-].[Na+]. The Morgan fingerprint density at radius 3 is 1.64 bits per heavy atom. The Balaban J connectivity index is -0.000000647. The number of fused-ring (bicyclic) bond motifs is 2. The minimum Gasteiger partial charge on any atom is -1.00 e. The maximum atomic E-state index is 11.4. The quantitative estimate of drug-likeness (QED) is 0.155. The predicted octanol–water partition coefficient (Wildman–Crippen LogP) is 2.81. The van der Waals surface area contributed by atoms with Crippen molar-refractivity contribution in [2.24, 2.45) is 0 Å². The molecule has 0 aliphatic carbocycles. The van der Waals surface area contributed by atoms with E-state index >= 15 is 0 Å². The van der Waals surface area contributed by atoms with Gasteiger partial charge < -0.3 is 30.3 Å².